The topological polar surface area (TPSA) is 35.2 Å². The molecule has 1 heterocycles. The second-order valence-electron chi connectivity index (χ2n) is 3.16. The van der Waals surface area contributed by atoms with Crippen molar-refractivity contribution in [2.24, 2.45) is 5.73 Å². The predicted molar refractivity (Wildman–Crippen MR) is 57.6 cm³/mol. The molecule has 1 fully saturated rings. The first-order chi connectivity index (χ1) is 5.71. The molecule has 0 radical (unpaired) electrons. The average molecular weight is 244 g/mol. The molecule has 1 saturated heterocycles. The largest absolute Gasteiger partial charge is 0.377 e. The minimum absolute atomic E-state index is 0. The van der Waals surface area contributed by atoms with Crippen LogP contribution in [0.15, 0.2) is 28.7 Å². The molecule has 0 saturated carbocycles. The van der Waals surface area contributed by atoms with Crippen LogP contribution in [0.3, 0.4) is 0 Å². The lowest BCUT2D eigenvalue weighted by Crippen LogP contribution is -2.54. The van der Waals surface area contributed by atoms with Gasteiger partial charge in [0.15, 0.2) is 0 Å². The number of rotatable bonds is 1. The molecule has 0 bridgehead atoms. The SMILES string of the molecule is C.NC1(c2ccc(Br)cc2)COC1. The smallest absolute Gasteiger partial charge is 0.0883 e. The van der Waals surface area contributed by atoms with Gasteiger partial charge in [-0.15, -0.1) is 0 Å². The maximum Gasteiger partial charge on any atom is 0.0883 e. The first kappa shape index (κ1) is 10.7. The number of hydrogen-bond acceptors (Lipinski definition) is 2. The van der Waals surface area contributed by atoms with Crippen molar-refractivity contribution in [2.75, 3.05) is 13.2 Å². The van der Waals surface area contributed by atoms with E-state index in [-0.39, 0.29) is 13.0 Å². The molecule has 72 valence electrons. The Morgan fingerprint density at radius 1 is 1.23 bits per heavy atom. The Morgan fingerprint density at radius 3 is 2.15 bits per heavy atom. The van der Waals surface area contributed by atoms with E-state index < -0.39 is 0 Å². The third kappa shape index (κ3) is 1.93. The first-order valence-electron chi connectivity index (χ1n) is 3.83. The summed E-state index contributed by atoms with van der Waals surface area (Å²) in [6, 6.07) is 8.07. The van der Waals surface area contributed by atoms with Crippen LogP contribution in [0.4, 0.5) is 0 Å². The Kier molecular flexibility index (Phi) is 3.11. The minimum atomic E-state index is -0.235. The fourth-order valence-electron chi connectivity index (χ4n) is 1.27. The van der Waals surface area contributed by atoms with Gasteiger partial charge in [-0.2, -0.15) is 0 Å². The van der Waals surface area contributed by atoms with E-state index in [2.05, 4.69) is 15.9 Å². The van der Waals surface area contributed by atoms with Gasteiger partial charge in [0, 0.05) is 4.47 Å². The van der Waals surface area contributed by atoms with E-state index in [0.29, 0.717) is 13.2 Å². The molecule has 13 heavy (non-hydrogen) atoms. The lowest BCUT2D eigenvalue weighted by molar-refractivity contribution is -0.0569. The van der Waals surface area contributed by atoms with Crippen LogP contribution < -0.4 is 5.73 Å². The van der Waals surface area contributed by atoms with E-state index >= 15 is 0 Å². The van der Waals surface area contributed by atoms with Crippen molar-refractivity contribution in [3.05, 3.63) is 34.3 Å². The van der Waals surface area contributed by atoms with Crippen LogP contribution in [0.1, 0.15) is 13.0 Å². The third-order valence-corrected chi connectivity index (χ3v) is 2.67. The first-order valence-corrected chi connectivity index (χ1v) is 4.63. The zero-order chi connectivity index (χ0) is 8.60. The van der Waals surface area contributed by atoms with Crippen molar-refractivity contribution in [3.63, 3.8) is 0 Å². The Balaban J connectivity index is 0.000000845. The zero-order valence-corrected chi connectivity index (χ0v) is 8.17. The Hall–Kier alpha value is -0.380. The van der Waals surface area contributed by atoms with Gasteiger partial charge in [-0.25, -0.2) is 0 Å². The van der Waals surface area contributed by atoms with Gasteiger partial charge in [0.1, 0.15) is 0 Å². The lowest BCUT2D eigenvalue weighted by atomic mass is 9.89. The quantitative estimate of drug-likeness (QED) is 0.822. The molecule has 0 unspecified atom stereocenters. The number of hydrogen-bond donors (Lipinski definition) is 1. The van der Waals surface area contributed by atoms with Crippen molar-refractivity contribution in [1.29, 1.82) is 0 Å². The van der Waals surface area contributed by atoms with Crippen LogP contribution in [0.2, 0.25) is 0 Å². The van der Waals surface area contributed by atoms with Crippen LogP contribution in [0.5, 0.6) is 0 Å². The summed E-state index contributed by atoms with van der Waals surface area (Å²) in [5.41, 5.74) is 6.95. The van der Waals surface area contributed by atoms with Crippen molar-refractivity contribution in [3.8, 4) is 0 Å². The predicted octanol–water partition coefficient (Wildman–Crippen LogP) is 2.27. The standard InChI is InChI=1S/C9H10BrNO.CH4/c10-8-3-1-7(2-4-8)9(11)5-12-6-9;/h1-4H,5-6,11H2;1H4. The highest BCUT2D eigenvalue weighted by molar-refractivity contribution is 9.10. The van der Waals surface area contributed by atoms with Gasteiger partial charge in [0.05, 0.1) is 18.8 Å². The number of halogens is 1. The zero-order valence-electron chi connectivity index (χ0n) is 6.59. The maximum absolute atomic E-state index is 6.03. The summed E-state index contributed by atoms with van der Waals surface area (Å²) in [7, 11) is 0. The van der Waals surface area contributed by atoms with E-state index in [1.54, 1.807) is 0 Å². The molecule has 1 aromatic carbocycles. The molecule has 2 rings (SSSR count). The van der Waals surface area contributed by atoms with Gasteiger partial charge in [0.25, 0.3) is 0 Å². The molecule has 3 heteroatoms. The van der Waals surface area contributed by atoms with Gasteiger partial charge >= 0.3 is 0 Å². The molecule has 0 spiro atoms. The molecule has 1 aliphatic rings. The van der Waals surface area contributed by atoms with Gasteiger partial charge in [0.2, 0.25) is 0 Å². The normalized spacial score (nSPS) is 18.6. The Labute approximate surface area is 87.2 Å². The van der Waals surface area contributed by atoms with Gasteiger partial charge in [-0.1, -0.05) is 35.5 Å². The van der Waals surface area contributed by atoms with E-state index in [0.717, 1.165) is 10.0 Å². The molecule has 1 aliphatic heterocycles. The molecule has 0 aliphatic carbocycles. The van der Waals surface area contributed by atoms with Crippen LogP contribution in [0.25, 0.3) is 0 Å². The van der Waals surface area contributed by atoms with Crippen molar-refractivity contribution in [1.82, 2.24) is 0 Å². The van der Waals surface area contributed by atoms with Crippen molar-refractivity contribution >= 4 is 15.9 Å². The van der Waals surface area contributed by atoms with E-state index in [1.807, 2.05) is 24.3 Å². The Bertz CT molecular complexity index is 279. The summed E-state index contributed by atoms with van der Waals surface area (Å²) in [5.74, 6) is 0. The van der Waals surface area contributed by atoms with E-state index in [4.69, 9.17) is 10.5 Å². The monoisotopic (exact) mass is 243 g/mol. The molecular weight excluding hydrogens is 230 g/mol. The van der Waals surface area contributed by atoms with E-state index in [1.165, 1.54) is 0 Å². The van der Waals surface area contributed by atoms with Crippen LogP contribution in [-0.4, -0.2) is 13.2 Å². The Morgan fingerprint density at radius 2 is 1.77 bits per heavy atom. The highest BCUT2D eigenvalue weighted by Gasteiger charge is 2.35. The van der Waals surface area contributed by atoms with Gasteiger partial charge in [-0.3, -0.25) is 0 Å². The molecule has 0 aromatic heterocycles. The minimum Gasteiger partial charge on any atom is -0.377 e. The lowest BCUT2D eigenvalue weighted by Gasteiger charge is -2.38. The summed E-state index contributed by atoms with van der Waals surface area (Å²) < 4.78 is 6.16. The summed E-state index contributed by atoms with van der Waals surface area (Å²) in [6.07, 6.45) is 0. The highest BCUT2D eigenvalue weighted by atomic mass is 79.9. The molecule has 0 amide bonds. The van der Waals surface area contributed by atoms with Crippen LogP contribution in [-0.2, 0) is 10.3 Å². The van der Waals surface area contributed by atoms with Crippen molar-refractivity contribution < 1.29 is 4.74 Å². The molecule has 0 atom stereocenters. The van der Waals surface area contributed by atoms with E-state index in [9.17, 15) is 0 Å². The second kappa shape index (κ2) is 3.78. The third-order valence-electron chi connectivity index (χ3n) is 2.14. The van der Waals surface area contributed by atoms with Gasteiger partial charge in [-0.05, 0) is 17.7 Å². The average Bonchev–Trinajstić information content (AvgIpc) is 2.02. The molecule has 2 N–H and O–H groups in total. The summed E-state index contributed by atoms with van der Waals surface area (Å²) in [6.45, 7) is 1.27. The molecular formula is C10H14BrNO. The molecule has 1 aromatic rings. The maximum atomic E-state index is 6.03. The second-order valence-corrected chi connectivity index (χ2v) is 4.07. The van der Waals surface area contributed by atoms with Crippen LogP contribution in [0, 0.1) is 0 Å². The summed E-state index contributed by atoms with van der Waals surface area (Å²) >= 11 is 3.38. The highest BCUT2D eigenvalue weighted by Crippen LogP contribution is 2.27. The summed E-state index contributed by atoms with van der Waals surface area (Å²) in [4.78, 5) is 0. The number of benzene rings is 1. The number of nitrogens with two attached hydrogens (primary N) is 1. The number of ether oxygens (including phenoxy) is 1. The van der Waals surface area contributed by atoms with Crippen molar-refractivity contribution in [2.45, 2.75) is 13.0 Å². The summed E-state index contributed by atoms with van der Waals surface area (Å²) in [5, 5.41) is 0. The fourth-order valence-corrected chi connectivity index (χ4v) is 1.53. The molecule has 2 nitrogen and oxygen atoms in total. The fraction of sp³-hybridized carbons (Fsp3) is 0.400. The van der Waals surface area contributed by atoms with Gasteiger partial charge < -0.3 is 10.5 Å². The van der Waals surface area contributed by atoms with Crippen LogP contribution >= 0.6 is 15.9 Å².